The highest BCUT2D eigenvalue weighted by Gasteiger charge is 2.12. The van der Waals surface area contributed by atoms with Crippen LogP contribution in [0, 0.1) is 0 Å². The molecule has 5 heteroatoms. The maximum atomic E-state index is 11.1. The summed E-state index contributed by atoms with van der Waals surface area (Å²) in [7, 11) is 0. The molecule has 0 radical (unpaired) electrons. The summed E-state index contributed by atoms with van der Waals surface area (Å²) in [6, 6.07) is 21.8. The fourth-order valence-electron chi connectivity index (χ4n) is 3.55. The molecule has 0 fully saturated rings. The van der Waals surface area contributed by atoms with Gasteiger partial charge in [-0.3, -0.25) is 4.79 Å². The van der Waals surface area contributed by atoms with E-state index in [9.17, 15) is 4.79 Å². The Hall–Kier alpha value is -3.18. The lowest BCUT2D eigenvalue weighted by atomic mass is 9.99. The average molecular weight is 419 g/mol. The molecule has 0 aliphatic heterocycles. The van der Waals surface area contributed by atoms with Crippen LogP contribution in [0.2, 0.25) is 0 Å². The molecule has 0 aliphatic carbocycles. The standard InChI is InChI=1S/C25H22O4S/c1-30-16-17-5-4-7-19(11-17)22-13-18(12-21-9-10-28-25(21)22)15-29-23-8-3-2-6-20(23)14-24(26)27/h2-13H,14-16H2,1H3,(H,26,27). The van der Waals surface area contributed by atoms with E-state index in [-0.39, 0.29) is 6.42 Å². The molecule has 0 bridgehead atoms. The summed E-state index contributed by atoms with van der Waals surface area (Å²) in [5.74, 6) is 0.673. The molecule has 4 rings (SSSR count). The predicted octanol–water partition coefficient (Wildman–Crippen LogP) is 6.17. The van der Waals surface area contributed by atoms with Gasteiger partial charge in [-0.15, -0.1) is 0 Å². The second-order valence-corrected chi connectivity index (χ2v) is 7.95. The van der Waals surface area contributed by atoms with Crippen LogP contribution in [0.15, 0.2) is 77.4 Å². The molecule has 0 atom stereocenters. The van der Waals surface area contributed by atoms with Gasteiger partial charge in [0, 0.05) is 22.3 Å². The molecule has 0 unspecified atom stereocenters. The molecule has 0 saturated carbocycles. The highest BCUT2D eigenvalue weighted by molar-refractivity contribution is 7.97. The molecule has 1 heterocycles. The van der Waals surface area contributed by atoms with Crippen molar-refractivity contribution in [3.05, 3.63) is 89.7 Å². The number of carboxylic acids is 1. The smallest absolute Gasteiger partial charge is 0.307 e. The fourth-order valence-corrected chi connectivity index (χ4v) is 4.06. The van der Waals surface area contributed by atoms with Crippen LogP contribution in [0.3, 0.4) is 0 Å². The topological polar surface area (TPSA) is 59.7 Å². The van der Waals surface area contributed by atoms with Crippen LogP contribution in [0.4, 0.5) is 0 Å². The Morgan fingerprint density at radius 2 is 1.90 bits per heavy atom. The molecule has 0 aliphatic rings. The van der Waals surface area contributed by atoms with Crippen molar-refractivity contribution in [1.29, 1.82) is 0 Å². The maximum Gasteiger partial charge on any atom is 0.307 e. The number of furan rings is 1. The van der Waals surface area contributed by atoms with Crippen LogP contribution in [0.1, 0.15) is 16.7 Å². The molecule has 4 aromatic rings. The number of benzene rings is 3. The van der Waals surface area contributed by atoms with Crippen molar-refractivity contribution in [2.75, 3.05) is 6.26 Å². The third kappa shape index (κ3) is 4.52. The molecule has 0 spiro atoms. The largest absolute Gasteiger partial charge is 0.489 e. The quantitative estimate of drug-likeness (QED) is 0.371. The van der Waals surface area contributed by atoms with Crippen molar-refractivity contribution >= 4 is 28.7 Å². The lowest BCUT2D eigenvalue weighted by molar-refractivity contribution is -0.136. The van der Waals surface area contributed by atoms with E-state index >= 15 is 0 Å². The van der Waals surface area contributed by atoms with Crippen LogP contribution in [0.5, 0.6) is 5.75 Å². The number of hydrogen-bond donors (Lipinski definition) is 1. The van der Waals surface area contributed by atoms with Gasteiger partial charge in [-0.05, 0) is 47.2 Å². The van der Waals surface area contributed by atoms with Gasteiger partial charge in [-0.25, -0.2) is 0 Å². The van der Waals surface area contributed by atoms with Crippen molar-refractivity contribution in [3.63, 3.8) is 0 Å². The summed E-state index contributed by atoms with van der Waals surface area (Å²) in [5, 5.41) is 10.1. The number of carboxylic acid groups (broad SMARTS) is 1. The first-order chi connectivity index (χ1) is 14.6. The second-order valence-electron chi connectivity index (χ2n) is 7.08. The molecule has 3 aromatic carbocycles. The minimum Gasteiger partial charge on any atom is -0.489 e. The van der Waals surface area contributed by atoms with Crippen molar-refractivity contribution in [3.8, 4) is 16.9 Å². The van der Waals surface area contributed by atoms with Crippen LogP contribution < -0.4 is 4.74 Å². The summed E-state index contributed by atoms with van der Waals surface area (Å²) in [6.45, 7) is 0.343. The minimum absolute atomic E-state index is 0.0651. The van der Waals surface area contributed by atoms with Gasteiger partial charge < -0.3 is 14.3 Å². The highest BCUT2D eigenvalue weighted by Crippen LogP contribution is 2.32. The van der Waals surface area contributed by atoms with Crippen molar-refractivity contribution < 1.29 is 19.1 Å². The molecule has 0 amide bonds. The number of thioether (sulfide) groups is 1. The summed E-state index contributed by atoms with van der Waals surface area (Å²) < 4.78 is 11.8. The predicted molar refractivity (Wildman–Crippen MR) is 121 cm³/mol. The van der Waals surface area contributed by atoms with Crippen LogP contribution in [-0.4, -0.2) is 17.3 Å². The zero-order valence-electron chi connectivity index (χ0n) is 16.6. The molecule has 1 aromatic heterocycles. The molecule has 4 nitrogen and oxygen atoms in total. The van der Waals surface area contributed by atoms with Gasteiger partial charge >= 0.3 is 5.97 Å². The normalized spacial score (nSPS) is 11.0. The van der Waals surface area contributed by atoms with Gasteiger partial charge in [0.15, 0.2) is 0 Å². The Balaban J connectivity index is 1.65. The van der Waals surface area contributed by atoms with E-state index in [1.54, 1.807) is 30.2 Å². The van der Waals surface area contributed by atoms with Gasteiger partial charge in [0.1, 0.15) is 17.9 Å². The van der Waals surface area contributed by atoms with E-state index in [1.807, 2.05) is 24.3 Å². The van der Waals surface area contributed by atoms with Gasteiger partial charge in [0.25, 0.3) is 0 Å². The molecule has 1 N–H and O–H groups in total. The number of fused-ring (bicyclic) bond motifs is 1. The number of carbonyl (C=O) groups is 1. The molecule has 0 saturated heterocycles. The van der Waals surface area contributed by atoms with Gasteiger partial charge in [0.2, 0.25) is 0 Å². The first-order valence-electron chi connectivity index (χ1n) is 9.65. The van der Waals surface area contributed by atoms with Crippen molar-refractivity contribution in [2.45, 2.75) is 18.8 Å². The Labute approximate surface area is 179 Å². The van der Waals surface area contributed by atoms with E-state index in [0.29, 0.717) is 17.9 Å². The molecule has 30 heavy (non-hydrogen) atoms. The van der Waals surface area contributed by atoms with Crippen LogP contribution in [-0.2, 0) is 23.6 Å². The number of hydrogen-bond acceptors (Lipinski definition) is 4. The monoisotopic (exact) mass is 418 g/mol. The summed E-state index contributed by atoms with van der Waals surface area (Å²) in [5.41, 5.74) is 5.92. The summed E-state index contributed by atoms with van der Waals surface area (Å²) in [6.07, 6.45) is 3.73. The van der Waals surface area contributed by atoms with Gasteiger partial charge in [0.05, 0.1) is 12.7 Å². The van der Waals surface area contributed by atoms with E-state index in [2.05, 4.69) is 36.6 Å². The zero-order chi connectivity index (χ0) is 20.9. The van der Waals surface area contributed by atoms with E-state index in [1.165, 1.54) is 5.56 Å². The Kier molecular flexibility index (Phi) is 6.10. The number of rotatable bonds is 8. The molecule has 152 valence electrons. The average Bonchev–Trinajstić information content (AvgIpc) is 3.21. The number of ether oxygens (including phenoxy) is 1. The van der Waals surface area contributed by atoms with Crippen LogP contribution in [0.25, 0.3) is 22.1 Å². The van der Waals surface area contributed by atoms with Crippen molar-refractivity contribution in [2.24, 2.45) is 0 Å². The third-order valence-electron chi connectivity index (χ3n) is 4.87. The Morgan fingerprint density at radius 3 is 2.73 bits per heavy atom. The molecular weight excluding hydrogens is 396 g/mol. The summed E-state index contributed by atoms with van der Waals surface area (Å²) in [4.78, 5) is 11.1. The first kappa shape index (κ1) is 20.1. The first-order valence-corrected chi connectivity index (χ1v) is 11.0. The van der Waals surface area contributed by atoms with Crippen molar-refractivity contribution in [1.82, 2.24) is 0 Å². The van der Waals surface area contributed by atoms with Gasteiger partial charge in [-0.2, -0.15) is 11.8 Å². The lowest BCUT2D eigenvalue weighted by Crippen LogP contribution is -2.04. The zero-order valence-corrected chi connectivity index (χ0v) is 17.4. The van der Waals surface area contributed by atoms with E-state index in [4.69, 9.17) is 14.3 Å². The van der Waals surface area contributed by atoms with Gasteiger partial charge in [-0.1, -0.05) is 42.5 Å². The van der Waals surface area contributed by atoms with Crippen LogP contribution >= 0.6 is 11.8 Å². The Morgan fingerprint density at radius 1 is 1.03 bits per heavy atom. The fraction of sp³-hybridized carbons (Fsp3) is 0.160. The number of aliphatic carboxylic acids is 1. The second kappa shape index (κ2) is 9.09. The highest BCUT2D eigenvalue weighted by atomic mass is 32.2. The van der Waals surface area contributed by atoms with E-state index in [0.717, 1.165) is 33.4 Å². The molecular formula is C25H22O4S. The SMILES string of the molecule is CSCc1cccc(-c2cc(COc3ccccc3CC(=O)O)cc3ccoc23)c1. The third-order valence-corrected chi connectivity index (χ3v) is 5.49. The van der Waals surface area contributed by atoms with E-state index < -0.39 is 5.97 Å². The summed E-state index contributed by atoms with van der Waals surface area (Å²) >= 11 is 1.79. The lowest BCUT2D eigenvalue weighted by Gasteiger charge is -2.12. The Bertz CT molecular complexity index is 1180. The number of para-hydroxylation sites is 1. The minimum atomic E-state index is -0.877. The maximum absolute atomic E-state index is 11.1.